The zero-order valence-corrected chi connectivity index (χ0v) is 11.7. The molecule has 1 aliphatic heterocycles. The van der Waals surface area contributed by atoms with Crippen LogP contribution in [0.15, 0.2) is 30.3 Å². The lowest BCUT2D eigenvalue weighted by Crippen LogP contribution is -2.37. The Morgan fingerprint density at radius 1 is 1.26 bits per heavy atom. The predicted octanol–water partition coefficient (Wildman–Crippen LogP) is 2.57. The Kier molecular flexibility index (Phi) is 3.24. The van der Waals surface area contributed by atoms with Gasteiger partial charge in [-0.15, -0.1) is 0 Å². The number of rotatable bonds is 2. The summed E-state index contributed by atoms with van der Waals surface area (Å²) in [5, 5.41) is 7.38. The van der Waals surface area contributed by atoms with E-state index in [9.17, 15) is 0 Å². The largest absolute Gasteiger partial charge is 0.381 e. The van der Waals surface area contributed by atoms with E-state index in [4.69, 9.17) is 17.0 Å². The maximum absolute atomic E-state index is 5.54. The molecule has 1 saturated heterocycles. The van der Waals surface area contributed by atoms with E-state index in [0.29, 0.717) is 4.77 Å². The maximum Gasteiger partial charge on any atom is 0.194 e. The molecule has 1 aromatic heterocycles. The first-order valence-electron chi connectivity index (χ1n) is 6.49. The summed E-state index contributed by atoms with van der Waals surface area (Å²) in [6.07, 6.45) is 1.87. The molecule has 5 heteroatoms. The fourth-order valence-corrected chi connectivity index (χ4v) is 3.03. The van der Waals surface area contributed by atoms with Crippen LogP contribution in [0.2, 0.25) is 0 Å². The lowest BCUT2D eigenvalue weighted by molar-refractivity contribution is 0.0595. The van der Waals surface area contributed by atoms with Crippen molar-refractivity contribution in [2.75, 3.05) is 13.2 Å². The van der Waals surface area contributed by atoms with Crippen LogP contribution in [-0.4, -0.2) is 28.0 Å². The molecule has 0 atom stereocenters. The predicted molar refractivity (Wildman–Crippen MR) is 75.7 cm³/mol. The maximum atomic E-state index is 5.54. The van der Waals surface area contributed by atoms with Gasteiger partial charge in [-0.3, -0.25) is 5.10 Å². The van der Waals surface area contributed by atoms with Crippen molar-refractivity contribution in [2.45, 2.75) is 18.3 Å². The van der Waals surface area contributed by atoms with Gasteiger partial charge in [-0.2, -0.15) is 5.10 Å². The highest BCUT2D eigenvalue weighted by molar-refractivity contribution is 7.71. The van der Waals surface area contributed by atoms with Crippen LogP contribution in [0.1, 0.15) is 24.2 Å². The first-order valence-corrected chi connectivity index (χ1v) is 6.90. The Labute approximate surface area is 117 Å². The molecule has 0 spiro atoms. The van der Waals surface area contributed by atoms with Gasteiger partial charge in [0.2, 0.25) is 0 Å². The molecule has 2 aromatic rings. The third-order valence-electron chi connectivity index (χ3n) is 3.98. The minimum absolute atomic E-state index is 0.0954. The van der Waals surface area contributed by atoms with Gasteiger partial charge in [-0.05, 0) is 30.6 Å². The third-order valence-corrected chi connectivity index (χ3v) is 4.35. The lowest BCUT2D eigenvalue weighted by Gasteiger charge is -2.36. The summed E-state index contributed by atoms with van der Waals surface area (Å²) in [5.41, 5.74) is 1.19. The Morgan fingerprint density at radius 3 is 2.53 bits per heavy atom. The van der Waals surface area contributed by atoms with Crippen molar-refractivity contribution >= 4 is 12.2 Å². The number of hydrogen-bond acceptors (Lipinski definition) is 3. The number of aromatic amines is 1. The molecule has 19 heavy (non-hydrogen) atoms. The van der Waals surface area contributed by atoms with Gasteiger partial charge < -0.3 is 9.30 Å². The van der Waals surface area contributed by atoms with E-state index in [1.54, 1.807) is 0 Å². The second-order valence-electron chi connectivity index (χ2n) is 4.97. The minimum Gasteiger partial charge on any atom is -0.381 e. The highest BCUT2D eigenvalue weighted by atomic mass is 32.1. The number of nitrogens with one attached hydrogen (secondary N) is 1. The van der Waals surface area contributed by atoms with Crippen molar-refractivity contribution in [1.82, 2.24) is 14.8 Å². The van der Waals surface area contributed by atoms with Crippen LogP contribution >= 0.6 is 12.2 Å². The zero-order valence-electron chi connectivity index (χ0n) is 10.9. The number of hydrogen-bond donors (Lipinski definition) is 1. The van der Waals surface area contributed by atoms with Crippen molar-refractivity contribution in [1.29, 1.82) is 0 Å². The molecule has 0 radical (unpaired) electrons. The van der Waals surface area contributed by atoms with E-state index in [2.05, 4.69) is 34.5 Å². The third kappa shape index (κ3) is 2.03. The van der Waals surface area contributed by atoms with Gasteiger partial charge in [0, 0.05) is 20.3 Å². The highest BCUT2D eigenvalue weighted by Crippen LogP contribution is 2.39. The van der Waals surface area contributed by atoms with Crippen LogP contribution in [0.3, 0.4) is 0 Å². The monoisotopic (exact) mass is 275 g/mol. The van der Waals surface area contributed by atoms with E-state index in [1.165, 1.54) is 5.56 Å². The van der Waals surface area contributed by atoms with Gasteiger partial charge in [0.1, 0.15) is 5.82 Å². The summed E-state index contributed by atoms with van der Waals surface area (Å²) < 4.78 is 8.18. The van der Waals surface area contributed by atoms with Gasteiger partial charge in [0.25, 0.3) is 0 Å². The smallest absolute Gasteiger partial charge is 0.194 e. The highest BCUT2D eigenvalue weighted by Gasteiger charge is 2.39. The second-order valence-corrected chi connectivity index (χ2v) is 5.36. The molecular formula is C14H17N3OS. The SMILES string of the molecule is Cn1c(C2(c3ccccc3)CCOCC2)n[nH]c1=S. The average molecular weight is 275 g/mol. The van der Waals surface area contributed by atoms with Crippen LogP contribution < -0.4 is 0 Å². The number of ether oxygens (including phenoxy) is 1. The Balaban J connectivity index is 2.17. The van der Waals surface area contributed by atoms with Gasteiger partial charge in [-0.25, -0.2) is 0 Å². The van der Waals surface area contributed by atoms with E-state index in [0.717, 1.165) is 31.9 Å². The Morgan fingerprint density at radius 2 is 1.95 bits per heavy atom. The quantitative estimate of drug-likeness (QED) is 0.857. The number of H-pyrrole nitrogens is 1. The summed E-state index contributed by atoms with van der Waals surface area (Å²) in [6, 6.07) is 10.5. The van der Waals surface area contributed by atoms with Crippen molar-refractivity contribution < 1.29 is 4.74 Å². The molecule has 0 bridgehead atoms. The molecule has 1 fully saturated rings. The van der Waals surface area contributed by atoms with Gasteiger partial charge in [0.05, 0.1) is 5.41 Å². The van der Waals surface area contributed by atoms with Gasteiger partial charge in [0.15, 0.2) is 4.77 Å². The van der Waals surface area contributed by atoms with Crippen LogP contribution in [0.4, 0.5) is 0 Å². The van der Waals surface area contributed by atoms with E-state index in [1.807, 2.05) is 17.7 Å². The van der Waals surface area contributed by atoms with Gasteiger partial charge >= 0.3 is 0 Å². The second kappa shape index (κ2) is 4.90. The lowest BCUT2D eigenvalue weighted by atomic mass is 9.73. The van der Waals surface area contributed by atoms with Gasteiger partial charge in [-0.1, -0.05) is 30.3 Å². The topological polar surface area (TPSA) is 42.8 Å². The molecule has 3 rings (SSSR count). The summed E-state index contributed by atoms with van der Waals surface area (Å²) in [5.74, 6) is 1.01. The summed E-state index contributed by atoms with van der Waals surface area (Å²) in [6.45, 7) is 1.52. The van der Waals surface area contributed by atoms with Crippen LogP contribution in [-0.2, 0) is 17.2 Å². The molecule has 2 heterocycles. The molecular weight excluding hydrogens is 258 g/mol. The first-order chi connectivity index (χ1) is 9.24. The standard InChI is InChI=1S/C14H17N3OS/c1-17-12(15-16-13(17)19)14(7-9-18-10-8-14)11-5-3-2-4-6-11/h2-6H,7-10H2,1H3,(H,16,19). The molecule has 0 saturated carbocycles. The first kappa shape index (κ1) is 12.6. The number of nitrogens with zero attached hydrogens (tertiary/aromatic N) is 2. The fourth-order valence-electron chi connectivity index (χ4n) is 2.89. The molecule has 1 aromatic carbocycles. The molecule has 1 aliphatic rings. The molecule has 1 N–H and O–H groups in total. The summed E-state index contributed by atoms with van der Waals surface area (Å²) in [4.78, 5) is 0. The van der Waals surface area contributed by atoms with E-state index >= 15 is 0 Å². The normalized spacial score (nSPS) is 18.4. The Bertz CT molecular complexity index is 611. The van der Waals surface area contributed by atoms with E-state index < -0.39 is 0 Å². The van der Waals surface area contributed by atoms with E-state index in [-0.39, 0.29) is 5.41 Å². The van der Waals surface area contributed by atoms with Crippen LogP contribution in [0.25, 0.3) is 0 Å². The van der Waals surface area contributed by atoms with Crippen molar-refractivity contribution in [3.8, 4) is 0 Å². The summed E-state index contributed by atoms with van der Waals surface area (Å²) in [7, 11) is 1.97. The molecule has 0 aliphatic carbocycles. The average Bonchev–Trinajstić information content (AvgIpc) is 2.81. The summed E-state index contributed by atoms with van der Waals surface area (Å²) >= 11 is 5.26. The van der Waals surface area contributed by atoms with Crippen LogP contribution in [0, 0.1) is 4.77 Å². The number of benzene rings is 1. The molecule has 0 unspecified atom stereocenters. The zero-order chi connectivity index (χ0) is 13.3. The molecule has 100 valence electrons. The molecule has 4 nitrogen and oxygen atoms in total. The molecule has 0 amide bonds. The minimum atomic E-state index is -0.0954. The van der Waals surface area contributed by atoms with Crippen molar-refractivity contribution in [2.24, 2.45) is 7.05 Å². The Hall–Kier alpha value is -1.46. The number of aromatic nitrogens is 3. The van der Waals surface area contributed by atoms with Crippen LogP contribution in [0.5, 0.6) is 0 Å². The fraction of sp³-hybridized carbons (Fsp3) is 0.429. The van der Waals surface area contributed by atoms with Crippen molar-refractivity contribution in [3.05, 3.63) is 46.5 Å². The van der Waals surface area contributed by atoms with Crippen molar-refractivity contribution in [3.63, 3.8) is 0 Å².